The monoisotopic (exact) mass is 239 g/mol. The van der Waals surface area contributed by atoms with Gasteiger partial charge in [0.2, 0.25) is 0 Å². The first kappa shape index (κ1) is 14.1. The largest absolute Gasteiger partial charge is 0.372 e. The molecular weight excluding hydrogens is 217 g/mol. The van der Waals surface area contributed by atoms with Gasteiger partial charge in [-0.15, -0.1) is 0 Å². The first-order chi connectivity index (χ1) is 8.19. The highest BCUT2D eigenvalue weighted by molar-refractivity contribution is 5.20. The Hall–Kier alpha value is -0.930. The van der Waals surface area contributed by atoms with Gasteiger partial charge in [-0.25, -0.2) is 4.39 Å². The molecular formula is C14H22FNO. The van der Waals surface area contributed by atoms with Crippen molar-refractivity contribution < 1.29 is 9.13 Å². The van der Waals surface area contributed by atoms with Crippen LogP contribution in [-0.2, 0) is 4.74 Å². The van der Waals surface area contributed by atoms with E-state index in [0.29, 0.717) is 24.6 Å². The summed E-state index contributed by atoms with van der Waals surface area (Å²) in [7, 11) is 0. The van der Waals surface area contributed by atoms with Crippen LogP contribution in [0.25, 0.3) is 0 Å². The molecule has 0 fully saturated rings. The summed E-state index contributed by atoms with van der Waals surface area (Å²) in [6.45, 7) is 5.22. The van der Waals surface area contributed by atoms with Crippen molar-refractivity contribution >= 4 is 0 Å². The van der Waals surface area contributed by atoms with Crippen LogP contribution < -0.4 is 5.73 Å². The van der Waals surface area contributed by atoms with Crippen LogP contribution in [0.3, 0.4) is 0 Å². The van der Waals surface area contributed by atoms with E-state index < -0.39 is 0 Å². The van der Waals surface area contributed by atoms with E-state index in [1.165, 1.54) is 6.07 Å². The maximum Gasteiger partial charge on any atom is 0.129 e. The molecule has 0 bridgehead atoms. The minimum absolute atomic E-state index is 0.244. The van der Waals surface area contributed by atoms with Crippen LogP contribution in [0.2, 0.25) is 0 Å². The van der Waals surface area contributed by atoms with Crippen LogP contribution in [-0.4, -0.2) is 13.2 Å². The van der Waals surface area contributed by atoms with Crippen LogP contribution in [0, 0.1) is 11.7 Å². The molecule has 17 heavy (non-hydrogen) atoms. The normalized spacial score (nSPS) is 14.6. The van der Waals surface area contributed by atoms with Gasteiger partial charge in [0, 0.05) is 12.1 Å². The van der Waals surface area contributed by atoms with Gasteiger partial charge in [-0.1, -0.05) is 38.5 Å². The molecule has 3 heteroatoms. The van der Waals surface area contributed by atoms with Gasteiger partial charge in [0.15, 0.2) is 0 Å². The molecule has 0 amide bonds. The number of halogens is 1. The van der Waals surface area contributed by atoms with E-state index >= 15 is 0 Å². The zero-order chi connectivity index (χ0) is 12.7. The molecule has 0 heterocycles. The van der Waals surface area contributed by atoms with E-state index in [9.17, 15) is 4.39 Å². The quantitative estimate of drug-likeness (QED) is 0.792. The molecule has 2 nitrogen and oxygen atoms in total. The second-order valence-corrected chi connectivity index (χ2v) is 4.47. The van der Waals surface area contributed by atoms with Gasteiger partial charge in [-0.05, 0) is 18.4 Å². The Bertz CT molecular complexity index is 330. The summed E-state index contributed by atoms with van der Waals surface area (Å²) in [6.07, 6.45) is 1.92. The Morgan fingerprint density at radius 3 is 2.65 bits per heavy atom. The minimum atomic E-state index is -0.337. The van der Waals surface area contributed by atoms with Gasteiger partial charge in [0.05, 0.1) is 12.7 Å². The average molecular weight is 239 g/mol. The maximum atomic E-state index is 13.6. The Morgan fingerprint density at radius 1 is 1.35 bits per heavy atom. The third-order valence-corrected chi connectivity index (χ3v) is 2.83. The van der Waals surface area contributed by atoms with Crippen LogP contribution in [0.5, 0.6) is 0 Å². The molecule has 1 aromatic rings. The number of hydrogen-bond acceptors (Lipinski definition) is 2. The Morgan fingerprint density at radius 2 is 2.06 bits per heavy atom. The zero-order valence-electron chi connectivity index (χ0n) is 10.7. The van der Waals surface area contributed by atoms with E-state index in [1.807, 2.05) is 0 Å². The molecule has 2 atom stereocenters. The van der Waals surface area contributed by atoms with Crippen molar-refractivity contribution in [3.8, 4) is 0 Å². The molecule has 1 rings (SSSR count). The van der Waals surface area contributed by atoms with E-state index in [4.69, 9.17) is 10.5 Å². The van der Waals surface area contributed by atoms with Crippen LogP contribution in [0.1, 0.15) is 38.4 Å². The SMILES string of the molecule is CCCC(C)COC(CN)c1ccccc1F. The van der Waals surface area contributed by atoms with E-state index in [-0.39, 0.29) is 11.9 Å². The Kier molecular flexibility index (Phi) is 6.16. The van der Waals surface area contributed by atoms with Gasteiger partial charge in [0.25, 0.3) is 0 Å². The average Bonchev–Trinajstić information content (AvgIpc) is 2.32. The lowest BCUT2D eigenvalue weighted by molar-refractivity contribution is 0.0331. The lowest BCUT2D eigenvalue weighted by Gasteiger charge is -2.19. The molecule has 1 aromatic carbocycles. The summed E-state index contributed by atoms with van der Waals surface area (Å²) in [5.41, 5.74) is 6.20. The molecule has 0 saturated carbocycles. The van der Waals surface area contributed by atoms with Gasteiger partial charge in [-0.2, -0.15) is 0 Å². The molecule has 2 N–H and O–H groups in total. The topological polar surface area (TPSA) is 35.2 Å². The minimum Gasteiger partial charge on any atom is -0.372 e. The highest BCUT2D eigenvalue weighted by Gasteiger charge is 2.15. The molecule has 0 spiro atoms. The number of ether oxygens (including phenoxy) is 1. The fourth-order valence-electron chi connectivity index (χ4n) is 1.88. The van der Waals surface area contributed by atoms with Crippen molar-refractivity contribution in [3.05, 3.63) is 35.6 Å². The van der Waals surface area contributed by atoms with E-state index in [1.54, 1.807) is 18.2 Å². The standard InChI is InChI=1S/C14H22FNO/c1-3-6-11(2)10-17-14(9-16)12-7-4-5-8-13(12)15/h4-5,7-8,11,14H,3,6,9-10,16H2,1-2H3. The summed E-state index contributed by atoms with van der Waals surface area (Å²) < 4.78 is 19.3. The molecule has 0 aliphatic heterocycles. The fraction of sp³-hybridized carbons (Fsp3) is 0.571. The van der Waals surface area contributed by atoms with Crippen molar-refractivity contribution in [3.63, 3.8) is 0 Å². The highest BCUT2D eigenvalue weighted by Crippen LogP contribution is 2.20. The lowest BCUT2D eigenvalue weighted by atomic mass is 10.1. The van der Waals surface area contributed by atoms with Gasteiger partial charge < -0.3 is 10.5 Å². The summed E-state index contributed by atoms with van der Waals surface area (Å²) in [5.74, 6) is 0.243. The predicted molar refractivity (Wildman–Crippen MR) is 68.2 cm³/mol. The first-order valence-corrected chi connectivity index (χ1v) is 6.25. The van der Waals surface area contributed by atoms with Crippen molar-refractivity contribution in [2.45, 2.75) is 32.8 Å². The number of hydrogen-bond donors (Lipinski definition) is 1. The predicted octanol–water partition coefficient (Wildman–Crippen LogP) is 3.28. The van der Waals surface area contributed by atoms with Crippen molar-refractivity contribution in [2.24, 2.45) is 11.7 Å². The second-order valence-electron chi connectivity index (χ2n) is 4.47. The molecule has 96 valence electrons. The molecule has 0 aromatic heterocycles. The fourth-order valence-corrected chi connectivity index (χ4v) is 1.88. The van der Waals surface area contributed by atoms with Crippen LogP contribution >= 0.6 is 0 Å². The molecule has 0 saturated heterocycles. The summed E-state index contributed by atoms with van der Waals surface area (Å²) in [6, 6.07) is 6.65. The highest BCUT2D eigenvalue weighted by atomic mass is 19.1. The van der Waals surface area contributed by atoms with E-state index in [2.05, 4.69) is 13.8 Å². The van der Waals surface area contributed by atoms with Gasteiger partial charge >= 0.3 is 0 Å². The smallest absolute Gasteiger partial charge is 0.129 e. The van der Waals surface area contributed by atoms with Crippen molar-refractivity contribution in [2.75, 3.05) is 13.2 Å². The van der Waals surface area contributed by atoms with Crippen LogP contribution in [0.15, 0.2) is 24.3 Å². The molecule has 0 aliphatic carbocycles. The summed E-state index contributed by atoms with van der Waals surface area (Å²) >= 11 is 0. The molecule has 0 radical (unpaired) electrons. The Balaban J connectivity index is 2.57. The van der Waals surface area contributed by atoms with E-state index in [0.717, 1.165) is 12.8 Å². The number of benzene rings is 1. The molecule has 2 unspecified atom stereocenters. The number of rotatable bonds is 7. The lowest BCUT2D eigenvalue weighted by Crippen LogP contribution is -2.19. The third kappa shape index (κ3) is 4.44. The van der Waals surface area contributed by atoms with Crippen molar-refractivity contribution in [1.82, 2.24) is 0 Å². The van der Waals surface area contributed by atoms with Gasteiger partial charge in [-0.3, -0.25) is 0 Å². The second kappa shape index (κ2) is 7.41. The number of nitrogens with two attached hydrogens (primary N) is 1. The third-order valence-electron chi connectivity index (χ3n) is 2.83. The summed E-state index contributed by atoms with van der Waals surface area (Å²) in [4.78, 5) is 0. The van der Waals surface area contributed by atoms with Gasteiger partial charge in [0.1, 0.15) is 5.82 Å². The van der Waals surface area contributed by atoms with Crippen LogP contribution in [0.4, 0.5) is 4.39 Å². The Labute approximate surface area is 103 Å². The zero-order valence-corrected chi connectivity index (χ0v) is 10.7. The maximum absolute atomic E-state index is 13.6. The summed E-state index contributed by atoms with van der Waals surface area (Å²) in [5, 5.41) is 0. The van der Waals surface area contributed by atoms with Crippen molar-refractivity contribution in [1.29, 1.82) is 0 Å². The molecule has 0 aliphatic rings. The first-order valence-electron chi connectivity index (χ1n) is 6.25.